The molecule has 9 heteroatoms. The number of aromatic nitrogens is 2. The molecule has 0 aliphatic rings. The van der Waals surface area contributed by atoms with Crippen molar-refractivity contribution >= 4 is 45.9 Å². The molecule has 0 saturated heterocycles. The van der Waals surface area contributed by atoms with E-state index in [1.807, 2.05) is 20.8 Å². The molecule has 0 fully saturated rings. The number of nitrogens with zero attached hydrogens (tertiary/aromatic N) is 3. The first-order chi connectivity index (χ1) is 12.0. The molecule has 2 rings (SSSR count). The monoisotopic (exact) mass is 398 g/mol. The van der Waals surface area contributed by atoms with E-state index in [1.54, 1.807) is 0 Å². The van der Waals surface area contributed by atoms with E-state index in [-0.39, 0.29) is 29.4 Å². The van der Waals surface area contributed by atoms with E-state index >= 15 is 0 Å². The summed E-state index contributed by atoms with van der Waals surface area (Å²) < 4.78 is 1.16. The zero-order valence-corrected chi connectivity index (χ0v) is 16.5. The van der Waals surface area contributed by atoms with Gasteiger partial charge in [-0.25, -0.2) is 4.98 Å². The number of nitrogens with one attached hydrogen (secondary N) is 1. The maximum absolute atomic E-state index is 12.6. The van der Waals surface area contributed by atoms with Crippen molar-refractivity contribution in [3.05, 3.63) is 38.9 Å². The number of hydrogen-bond acceptors (Lipinski definition) is 4. The highest BCUT2D eigenvalue weighted by molar-refractivity contribution is 6.38. The second-order valence-corrected chi connectivity index (χ2v) is 7.85. The smallest absolute Gasteiger partial charge is 0.261 e. The average Bonchev–Trinajstić information content (AvgIpc) is 2.48. The lowest BCUT2D eigenvalue weighted by molar-refractivity contribution is -0.135. The first-order valence-corrected chi connectivity index (χ1v) is 8.62. The number of fused-ring (bicyclic) bond motifs is 1. The van der Waals surface area contributed by atoms with Crippen LogP contribution in [0.3, 0.4) is 0 Å². The third kappa shape index (κ3) is 4.95. The molecule has 0 spiro atoms. The third-order valence-electron chi connectivity index (χ3n) is 3.47. The maximum atomic E-state index is 12.6. The highest BCUT2D eigenvalue weighted by Crippen LogP contribution is 2.23. The zero-order valence-electron chi connectivity index (χ0n) is 15.0. The Balaban J connectivity index is 2.18. The molecule has 0 aliphatic heterocycles. The predicted molar refractivity (Wildman–Crippen MR) is 102 cm³/mol. The van der Waals surface area contributed by atoms with Crippen LogP contribution >= 0.6 is 23.2 Å². The highest BCUT2D eigenvalue weighted by atomic mass is 35.5. The fraction of sp³-hybridized carbons (Fsp3) is 0.412. The lowest BCUT2D eigenvalue weighted by Crippen LogP contribution is -2.47. The Hall–Kier alpha value is -2.12. The Labute approximate surface area is 160 Å². The largest absolute Gasteiger partial charge is 0.350 e. The molecule has 0 bridgehead atoms. The normalized spacial score (nSPS) is 11.5. The van der Waals surface area contributed by atoms with Crippen LogP contribution in [0, 0.1) is 0 Å². The van der Waals surface area contributed by atoms with Crippen LogP contribution in [0.1, 0.15) is 20.8 Å². The molecule has 0 saturated carbocycles. The summed E-state index contributed by atoms with van der Waals surface area (Å²) in [5.41, 5.74) is -0.499. The molecule has 0 radical (unpaired) electrons. The summed E-state index contributed by atoms with van der Waals surface area (Å²) in [6.45, 7) is 5.20. The SMILES string of the molecule is CN(CC(=O)NC(C)(C)C)C(=O)Cn1cnc2c(Cl)cc(Cl)cc2c1=O. The van der Waals surface area contributed by atoms with E-state index in [0.717, 1.165) is 4.57 Å². The van der Waals surface area contributed by atoms with Crippen LogP contribution in [0.4, 0.5) is 0 Å². The van der Waals surface area contributed by atoms with Crippen LogP contribution in [0.2, 0.25) is 10.0 Å². The van der Waals surface area contributed by atoms with E-state index in [0.29, 0.717) is 10.5 Å². The van der Waals surface area contributed by atoms with Gasteiger partial charge in [-0.1, -0.05) is 23.2 Å². The van der Waals surface area contributed by atoms with Crippen LogP contribution in [-0.2, 0) is 16.1 Å². The number of carbonyl (C=O) groups is 2. The quantitative estimate of drug-likeness (QED) is 0.853. The van der Waals surface area contributed by atoms with Gasteiger partial charge in [0.15, 0.2) is 0 Å². The Bertz CT molecular complexity index is 919. The van der Waals surface area contributed by atoms with Crippen molar-refractivity contribution in [1.29, 1.82) is 0 Å². The van der Waals surface area contributed by atoms with Crippen molar-refractivity contribution in [2.45, 2.75) is 32.9 Å². The molecule has 0 unspecified atom stereocenters. The Morgan fingerprint density at radius 3 is 2.54 bits per heavy atom. The third-order valence-corrected chi connectivity index (χ3v) is 3.98. The van der Waals surface area contributed by atoms with Gasteiger partial charge in [0, 0.05) is 17.6 Å². The minimum atomic E-state index is -0.430. The lowest BCUT2D eigenvalue weighted by atomic mass is 10.1. The van der Waals surface area contributed by atoms with Crippen molar-refractivity contribution in [1.82, 2.24) is 19.8 Å². The topological polar surface area (TPSA) is 84.3 Å². The Morgan fingerprint density at radius 2 is 1.92 bits per heavy atom. The second kappa shape index (κ2) is 7.63. The molecular weight excluding hydrogens is 379 g/mol. The van der Waals surface area contributed by atoms with E-state index in [9.17, 15) is 14.4 Å². The fourth-order valence-electron chi connectivity index (χ4n) is 2.34. The maximum Gasteiger partial charge on any atom is 0.261 e. The van der Waals surface area contributed by atoms with Gasteiger partial charge in [0.2, 0.25) is 11.8 Å². The molecule has 2 aromatic rings. The fourth-order valence-corrected chi connectivity index (χ4v) is 2.88. The minimum Gasteiger partial charge on any atom is -0.350 e. The van der Waals surface area contributed by atoms with Crippen LogP contribution in [-0.4, -0.2) is 45.4 Å². The first-order valence-electron chi connectivity index (χ1n) is 7.87. The minimum absolute atomic E-state index is 0.108. The van der Waals surface area contributed by atoms with E-state index in [1.165, 1.54) is 30.4 Å². The number of likely N-dealkylation sites (N-methyl/N-ethyl adjacent to an activating group) is 1. The van der Waals surface area contributed by atoms with Gasteiger partial charge in [0.05, 0.1) is 28.8 Å². The van der Waals surface area contributed by atoms with Gasteiger partial charge in [0.25, 0.3) is 5.56 Å². The zero-order chi connectivity index (χ0) is 19.6. The van der Waals surface area contributed by atoms with Crippen LogP contribution in [0.15, 0.2) is 23.3 Å². The van der Waals surface area contributed by atoms with Crippen LogP contribution < -0.4 is 10.9 Å². The van der Waals surface area contributed by atoms with Gasteiger partial charge in [-0.2, -0.15) is 0 Å². The summed E-state index contributed by atoms with van der Waals surface area (Å²) in [6, 6.07) is 2.95. The number of carbonyl (C=O) groups excluding carboxylic acids is 2. The predicted octanol–water partition coefficient (Wildman–Crippen LogP) is 2.08. The lowest BCUT2D eigenvalue weighted by Gasteiger charge is -2.23. The molecule has 140 valence electrons. The van der Waals surface area contributed by atoms with Crippen LogP contribution in [0.5, 0.6) is 0 Å². The molecule has 0 atom stereocenters. The number of halogens is 2. The Kier molecular flexibility index (Phi) is 5.93. The average molecular weight is 399 g/mol. The standard InChI is InChI=1S/C17H20Cl2N4O3/c1-17(2,3)21-13(24)7-22(4)14(25)8-23-9-20-15-11(16(23)26)5-10(18)6-12(15)19/h5-6,9H,7-8H2,1-4H3,(H,21,24). The highest BCUT2D eigenvalue weighted by Gasteiger charge is 2.19. The molecule has 26 heavy (non-hydrogen) atoms. The number of rotatable bonds is 4. The van der Waals surface area contributed by atoms with Crippen LogP contribution in [0.25, 0.3) is 10.9 Å². The summed E-state index contributed by atoms with van der Waals surface area (Å²) in [4.78, 5) is 42.2. The number of benzene rings is 1. The molecule has 1 N–H and O–H groups in total. The number of amides is 2. The van der Waals surface area contributed by atoms with E-state index in [4.69, 9.17) is 23.2 Å². The molecule has 1 heterocycles. The summed E-state index contributed by atoms with van der Waals surface area (Å²) in [7, 11) is 1.50. The summed E-state index contributed by atoms with van der Waals surface area (Å²) in [5.74, 6) is -0.679. The second-order valence-electron chi connectivity index (χ2n) is 7.01. The number of hydrogen-bond donors (Lipinski definition) is 1. The molecule has 0 aliphatic carbocycles. The first kappa shape index (κ1) is 20.2. The van der Waals surface area contributed by atoms with Crippen molar-refractivity contribution in [2.24, 2.45) is 0 Å². The molecule has 2 amide bonds. The summed E-state index contributed by atoms with van der Waals surface area (Å²) in [6.07, 6.45) is 1.26. The molecule has 1 aromatic carbocycles. The van der Waals surface area contributed by atoms with Gasteiger partial charge < -0.3 is 10.2 Å². The van der Waals surface area contributed by atoms with Crippen molar-refractivity contribution in [2.75, 3.05) is 13.6 Å². The van der Waals surface area contributed by atoms with Gasteiger partial charge in [-0.3, -0.25) is 19.0 Å². The van der Waals surface area contributed by atoms with Gasteiger partial charge in [-0.05, 0) is 32.9 Å². The van der Waals surface area contributed by atoms with E-state index < -0.39 is 17.0 Å². The van der Waals surface area contributed by atoms with E-state index in [2.05, 4.69) is 10.3 Å². The summed E-state index contributed by atoms with van der Waals surface area (Å²) >= 11 is 12.0. The molecule has 1 aromatic heterocycles. The van der Waals surface area contributed by atoms with Crippen molar-refractivity contribution in [3.63, 3.8) is 0 Å². The van der Waals surface area contributed by atoms with Gasteiger partial charge in [0.1, 0.15) is 6.54 Å². The van der Waals surface area contributed by atoms with Crippen molar-refractivity contribution < 1.29 is 9.59 Å². The molecule has 7 nitrogen and oxygen atoms in total. The van der Waals surface area contributed by atoms with Crippen molar-refractivity contribution in [3.8, 4) is 0 Å². The summed E-state index contributed by atoms with van der Waals surface area (Å²) in [5, 5.41) is 3.57. The Morgan fingerprint density at radius 1 is 1.27 bits per heavy atom. The van der Waals surface area contributed by atoms with Gasteiger partial charge >= 0.3 is 0 Å². The van der Waals surface area contributed by atoms with Gasteiger partial charge in [-0.15, -0.1) is 0 Å². The molecular formula is C17H20Cl2N4O3.